The molecule has 6 heteroatoms. The molecule has 1 N–H and O–H groups in total. The van der Waals surface area contributed by atoms with E-state index in [1.54, 1.807) is 0 Å². The van der Waals surface area contributed by atoms with E-state index in [1.165, 1.54) is 5.56 Å². The second kappa shape index (κ2) is 11.8. The Labute approximate surface area is 209 Å². The SMILES string of the molecule is CCc1ccc(OCCCCn2c(CCNC(=O)c3cccc(Br)c3)nc3ccccc32)cc1. The molecule has 0 unspecified atom stereocenters. The normalized spacial score (nSPS) is 11.0. The molecular weight excluding hydrogens is 490 g/mol. The molecule has 0 aliphatic carbocycles. The number of carbonyl (C=O) groups is 1. The number of carbonyl (C=O) groups excluding carboxylic acids is 1. The fraction of sp³-hybridized carbons (Fsp3) is 0.286. The zero-order valence-corrected chi connectivity index (χ0v) is 21.1. The lowest BCUT2D eigenvalue weighted by atomic mass is 10.2. The van der Waals surface area contributed by atoms with Crippen molar-refractivity contribution < 1.29 is 9.53 Å². The first kappa shape index (κ1) is 24.0. The number of unbranched alkanes of at least 4 members (excludes halogenated alkanes) is 1. The van der Waals surface area contributed by atoms with Gasteiger partial charge >= 0.3 is 0 Å². The summed E-state index contributed by atoms with van der Waals surface area (Å²) in [6.45, 7) is 4.25. The summed E-state index contributed by atoms with van der Waals surface area (Å²) in [6, 6.07) is 23.9. The molecule has 0 spiro atoms. The number of halogens is 1. The largest absolute Gasteiger partial charge is 0.494 e. The smallest absolute Gasteiger partial charge is 0.251 e. The van der Waals surface area contributed by atoms with Crippen LogP contribution < -0.4 is 10.1 Å². The van der Waals surface area contributed by atoms with Gasteiger partial charge in [-0.15, -0.1) is 0 Å². The molecular formula is C28H30BrN3O2. The van der Waals surface area contributed by atoms with Gasteiger partial charge in [0.25, 0.3) is 5.91 Å². The fourth-order valence-electron chi connectivity index (χ4n) is 3.97. The van der Waals surface area contributed by atoms with Gasteiger partial charge in [-0.2, -0.15) is 0 Å². The first-order valence-electron chi connectivity index (χ1n) is 11.8. The lowest BCUT2D eigenvalue weighted by molar-refractivity contribution is 0.0954. The monoisotopic (exact) mass is 519 g/mol. The van der Waals surface area contributed by atoms with E-state index in [0.717, 1.165) is 52.9 Å². The topological polar surface area (TPSA) is 56.1 Å². The molecule has 0 radical (unpaired) electrons. The number of nitrogens with one attached hydrogen (secondary N) is 1. The van der Waals surface area contributed by atoms with E-state index in [0.29, 0.717) is 25.1 Å². The van der Waals surface area contributed by atoms with Crippen molar-refractivity contribution in [2.75, 3.05) is 13.2 Å². The van der Waals surface area contributed by atoms with Crippen LogP contribution in [0.4, 0.5) is 0 Å². The summed E-state index contributed by atoms with van der Waals surface area (Å²) < 4.78 is 9.08. The minimum atomic E-state index is -0.0759. The molecule has 34 heavy (non-hydrogen) atoms. The number of ether oxygens (including phenoxy) is 1. The van der Waals surface area contributed by atoms with Crippen molar-refractivity contribution in [2.45, 2.75) is 39.2 Å². The van der Waals surface area contributed by atoms with Gasteiger partial charge in [-0.05, 0) is 67.3 Å². The van der Waals surface area contributed by atoms with Gasteiger partial charge in [0, 0.05) is 29.5 Å². The maximum Gasteiger partial charge on any atom is 0.251 e. The van der Waals surface area contributed by atoms with Crippen molar-refractivity contribution >= 4 is 32.9 Å². The van der Waals surface area contributed by atoms with Crippen LogP contribution in [0.2, 0.25) is 0 Å². The average Bonchev–Trinajstić information content (AvgIpc) is 3.21. The first-order valence-corrected chi connectivity index (χ1v) is 12.6. The highest BCUT2D eigenvalue weighted by Crippen LogP contribution is 2.18. The van der Waals surface area contributed by atoms with Crippen LogP contribution >= 0.6 is 15.9 Å². The Morgan fingerprint density at radius 3 is 2.65 bits per heavy atom. The summed E-state index contributed by atoms with van der Waals surface area (Å²) >= 11 is 3.42. The maximum atomic E-state index is 12.5. The minimum Gasteiger partial charge on any atom is -0.494 e. The van der Waals surface area contributed by atoms with Crippen molar-refractivity contribution in [3.05, 3.63) is 94.2 Å². The van der Waals surface area contributed by atoms with Crippen molar-refractivity contribution in [1.29, 1.82) is 0 Å². The summed E-state index contributed by atoms with van der Waals surface area (Å²) in [4.78, 5) is 17.3. The van der Waals surface area contributed by atoms with Crippen molar-refractivity contribution in [3.63, 3.8) is 0 Å². The third kappa shape index (κ3) is 6.26. The molecule has 5 nitrogen and oxygen atoms in total. The number of hydrogen-bond acceptors (Lipinski definition) is 3. The van der Waals surface area contributed by atoms with Gasteiger partial charge in [0.1, 0.15) is 11.6 Å². The standard InChI is InChI=1S/C28H30BrN3O2/c1-2-21-12-14-24(15-13-21)34-19-6-5-18-32-26-11-4-3-10-25(26)31-27(32)16-17-30-28(33)22-8-7-9-23(29)20-22/h3-4,7-15,20H,2,5-6,16-19H2,1H3,(H,30,33). The van der Waals surface area contributed by atoms with E-state index >= 15 is 0 Å². The Morgan fingerprint density at radius 2 is 1.85 bits per heavy atom. The number of benzene rings is 3. The van der Waals surface area contributed by atoms with Crippen molar-refractivity contribution in [3.8, 4) is 5.75 Å². The number of nitrogens with zero attached hydrogens (tertiary/aromatic N) is 2. The van der Waals surface area contributed by atoms with Crippen molar-refractivity contribution in [1.82, 2.24) is 14.9 Å². The predicted octanol–water partition coefficient (Wildman–Crippen LogP) is 6.19. The molecule has 176 valence electrons. The summed E-state index contributed by atoms with van der Waals surface area (Å²) in [5.41, 5.74) is 4.09. The van der Waals surface area contributed by atoms with Crippen LogP contribution in [0, 0.1) is 0 Å². The molecule has 0 fully saturated rings. The van der Waals surface area contributed by atoms with Crippen LogP contribution in [0.25, 0.3) is 11.0 Å². The number of imidazole rings is 1. The van der Waals surface area contributed by atoms with E-state index in [-0.39, 0.29) is 5.91 Å². The molecule has 0 bridgehead atoms. The lowest BCUT2D eigenvalue weighted by Crippen LogP contribution is -2.26. The molecule has 4 rings (SSSR count). The lowest BCUT2D eigenvalue weighted by Gasteiger charge is -2.11. The number of aromatic nitrogens is 2. The third-order valence-electron chi connectivity index (χ3n) is 5.83. The van der Waals surface area contributed by atoms with Gasteiger partial charge in [-0.3, -0.25) is 4.79 Å². The molecule has 0 aliphatic heterocycles. The Balaban J connectivity index is 1.32. The number of fused-ring (bicyclic) bond motifs is 1. The van der Waals surface area contributed by atoms with Crippen LogP contribution in [0.3, 0.4) is 0 Å². The summed E-state index contributed by atoms with van der Waals surface area (Å²) in [6.07, 6.45) is 3.66. The third-order valence-corrected chi connectivity index (χ3v) is 6.32. The van der Waals surface area contributed by atoms with Gasteiger partial charge in [-0.25, -0.2) is 4.98 Å². The highest BCUT2D eigenvalue weighted by atomic mass is 79.9. The van der Waals surface area contributed by atoms with Gasteiger partial charge < -0.3 is 14.6 Å². The molecule has 1 aromatic heterocycles. The quantitative estimate of drug-likeness (QED) is 0.240. The minimum absolute atomic E-state index is 0.0759. The average molecular weight is 520 g/mol. The summed E-state index contributed by atoms with van der Waals surface area (Å²) in [5, 5.41) is 3.02. The highest BCUT2D eigenvalue weighted by Gasteiger charge is 2.11. The number of para-hydroxylation sites is 2. The van der Waals surface area contributed by atoms with E-state index < -0.39 is 0 Å². The molecule has 0 saturated heterocycles. The van der Waals surface area contributed by atoms with Crippen LogP contribution in [0.15, 0.2) is 77.3 Å². The number of hydrogen-bond donors (Lipinski definition) is 1. The van der Waals surface area contributed by atoms with Crippen molar-refractivity contribution in [2.24, 2.45) is 0 Å². The first-order chi connectivity index (χ1) is 16.6. The zero-order valence-electron chi connectivity index (χ0n) is 19.5. The predicted molar refractivity (Wildman–Crippen MR) is 140 cm³/mol. The molecule has 4 aromatic rings. The van der Waals surface area contributed by atoms with Crippen LogP contribution in [-0.2, 0) is 19.4 Å². The molecule has 0 saturated carbocycles. The Bertz CT molecular complexity index is 1230. The molecule has 0 atom stereocenters. The Kier molecular flexibility index (Phi) is 8.36. The van der Waals surface area contributed by atoms with Gasteiger partial charge in [-0.1, -0.05) is 53.2 Å². The Morgan fingerprint density at radius 1 is 1.03 bits per heavy atom. The second-order valence-electron chi connectivity index (χ2n) is 8.24. The number of amides is 1. The number of rotatable bonds is 11. The van der Waals surface area contributed by atoms with Gasteiger partial charge in [0.15, 0.2) is 0 Å². The summed E-state index contributed by atoms with van der Waals surface area (Å²) in [7, 11) is 0. The van der Waals surface area contributed by atoms with E-state index in [9.17, 15) is 4.79 Å². The fourth-order valence-corrected chi connectivity index (χ4v) is 4.37. The Hall–Kier alpha value is -3.12. The molecule has 0 aliphatic rings. The second-order valence-corrected chi connectivity index (χ2v) is 9.15. The van der Waals surface area contributed by atoms with E-state index in [1.807, 2.05) is 54.6 Å². The van der Waals surface area contributed by atoms with Crippen LogP contribution in [0.5, 0.6) is 5.75 Å². The van der Waals surface area contributed by atoms with Crippen LogP contribution in [-0.4, -0.2) is 28.6 Å². The maximum absolute atomic E-state index is 12.5. The van der Waals surface area contributed by atoms with Crippen LogP contribution in [0.1, 0.15) is 41.5 Å². The summed E-state index contributed by atoms with van der Waals surface area (Å²) in [5.74, 6) is 1.84. The number of aryl methyl sites for hydroxylation is 2. The zero-order chi connectivity index (χ0) is 23.8. The van der Waals surface area contributed by atoms with E-state index in [2.05, 4.69) is 50.9 Å². The molecule has 3 aromatic carbocycles. The van der Waals surface area contributed by atoms with Gasteiger partial charge in [0.2, 0.25) is 0 Å². The van der Waals surface area contributed by atoms with Gasteiger partial charge in [0.05, 0.1) is 17.6 Å². The molecule has 1 amide bonds. The van der Waals surface area contributed by atoms with E-state index in [4.69, 9.17) is 9.72 Å². The molecule has 1 heterocycles. The highest BCUT2D eigenvalue weighted by molar-refractivity contribution is 9.10.